The van der Waals surface area contributed by atoms with Gasteiger partial charge in [-0.05, 0) is 56.3 Å². The molecule has 0 unspecified atom stereocenters. The zero-order chi connectivity index (χ0) is 20.5. The largest absolute Gasteiger partial charge is 0.508 e. The molecule has 28 heavy (non-hydrogen) atoms. The summed E-state index contributed by atoms with van der Waals surface area (Å²) in [5.41, 5.74) is 6.53. The Bertz CT molecular complexity index is 1000. The maximum Gasteiger partial charge on any atom is 0.212 e. The first kappa shape index (κ1) is 19.0. The summed E-state index contributed by atoms with van der Waals surface area (Å²) in [6, 6.07) is 12.3. The smallest absolute Gasteiger partial charge is 0.212 e. The van der Waals surface area contributed by atoms with Crippen LogP contribution in [0.4, 0.5) is 5.69 Å². The maximum absolute atomic E-state index is 11.1. The number of ether oxygens (including phenoxy) is 1. The molecule has 1 aliphatic rings. The van der Waals surface area contributed by atoms with Crippen LogP contribution in [-0.4, -0.2) is 27.9 Å². The van der Waals surface area contributed by atoms with E-state index in [-0.39, 0.29) is 11.7 Å². The number of hydrogen-bond donors (Lipinski definition) is 3. The number of nitrogens with zero attached hydrogens (tertiary/aromatic N) is 4. The summed E-state index contributed by atoms with van der Waals surface area (Å²) in [7, 11) is 0. The molecule has 2 aromatic carbocycles. The van der Waals surface area contributed by atoms with E-state index in [9.17, 15) is 15.5 Å². The van der Waals surface area contributed by atoms with Crippen molar-refractivity contribution in [2.45, 2.75) is 31.6 Å². The molecule has 0 amide bonds. The molecule has 142 valence electrons. The standard InChI is InChI=1S/C20H19N5O3/c1-20(2)18(27)17(15-9-12(10-21)3-8-16(15)28-20)25(19(23)24-11-22)13-4-6-14(26)7-5-13/h3-9,17-18,26-27H,1-2H3,(H2,23,24)/t17-,18+/m0/s1. The monoisotopic (exact) mass is 377 g/mol. The van der Waals surface area contributed by atoms with E-state index >= 15 is 0 Å². The van der Waals surface area contributed by atoms with Crippen molar-refractivity contribution in [3.05, 3.63) is 53.6 Å². The van der Waals surface area contributed by atoms with E-state index in [1.165, 1.54) is 17.0 Å². The summed E-state index contributed by atoms with van der Waals surface area (Å²) in [5.74, 6) is 0.413. The zero-order valence-corrected chi connectivity index (χ0v) is 15.4. The molecule has 0 spiro atoms. The Kier molecular flexibility index (Phi) is 4.83. The predicted molar refractivity (Wildman–Crippen MR) is 102 cm³/mol. The van der Waals surface area contributed by atoms with Crippen molar-refractivity contribution in [2.24, 2.45) is 10.7 Å². The number of nitrogens with two attached hydrogens (primary N) is 1. The number of rotatable bonds is 2. The SMILES string of the molecule is CC1(C)Oc2ccc(C#N)cc2[C@H](N(C(N)=NC#N)c2ccc(O)cc2)[C@H]1O. The number of phenols is 1. The summed E-state index contributed by atoms with van der Waals surface area (Å²) < 4.78 is 5.93. The maximum atomic E-state index is 11.1. The molecule has 0 saturated heterocycles. The first-order valence-electron chi connectivity index (χ1n) is 8.50. The molecule has 8 nitrogen and oxygen atoms in total. The highest BCUT2D eigenvalue weighted by atomic mass is 16.5. The number of aliphatic imine (C=N–C) groups is 1. The molecular weight excluding hydrogens is 358 g/mol. The van der Waals surface area contributed by atoms with Crippen molar-refractivity contribution in [1.82, 2.24) is 0 Å². The lowest BCUT2D eigenvalue weighted by Crippen LogP contribution is -2.56. The van der Waals surface area contributed by atoms with Crippen LogP contribution in [0.15, 0.2) is 47.5 Å². The summed E-state index contributed by atoms with van der Waals surface area (Å²) in [4.78, 5) is 5.14. The molecule has 1 heterocycles. The molecule has 0 aromatic heterocycles. The molecule has 4 N–H and O–H groups in total. The van der Waals surface area contributed by atoms with Crippen LogP contribution in [-0.2, 0) is 0 Å². The van der Waals surface area contributed by atoms with Crippen LogP contribution in [0.2, 0.25) is 0 Å². The Hall–Kier alpha value is -3.75. The van der Waals surface area contributed by atoms with E-state index in [4.69, 9.17) is 15.7 Å². The van der Waals surface area contributed by atoms with E-state index in [1.54, 1.807) is 50.4 Å². The number of nitriles is 2. The quantitative estimate of drug-likeness (QED) is 0.414. The van der Waals surface area contributed by atoms with Crippen LogP contribution in [0.1, 0.15) is 31.0 Å². The number of benzene rings is 2. The van der Waals surface area contributed by atoms with Crippen molar-refractivity contribution < 1.29 is 14.9 Å². The number of aliphatic hydroxyl groups excluding tert-OH is 1. The van der Waals surface area contributed by atoms with Gasteiger partial charge in [0, 0.05) is 11.3 Å². The summed E-state index contributed by atoms with van der Waals surface area (Å²) in [6.45, 7) is 3.47. The topological polar surface area (TPSA) is 139 Å². The molecule has 0 bridgehead atoms. The number of anilines is 1. The van der Waals surface area contributed by atoms with Crippen LogP contribution < -0.4 is 15.4 Å². The highest BCUT2D eigenvalue weighted by molar-refractivity contribution is 5.96. The van der Waals surface area contributed by atoms with Gasteiger partial charge in [0.2, 0.25) is 12.2 Å². The Morgan fingerprint density at radius 1 is 1.21 bits per heavy atom. The van der Waals surface area contributed by atoms with Gasteiger partial charge in [-0.3, -0.25) is 0 Å². The third kappa shape index (κ3) is 3.29. The van der Waals surface area contributed by atoms with Crippen LogP contribution in [0, 0.1) is 22.8 Å². The Labute approximate surface area is 162 Å². The lowest BCUT2D eigenvalue weighted by Gasteiger charge is -2.46. The number of guanidine groups is 1. The molecule has 2 aromatic rings. The highest BCUT2D eigenvalue weighted by Crippen LogP contribution is 2.44. The minimum absolute atomic E-state index is 0.0551. The van der Waals surface area contributed by atoms with Crippen LogP contribution >= 0.6 is 0 Å². The first-order chi connectivity index (χ1) is 13.3. The van der Waals surface area contributed by atoms with Crippen molar-refractivity contribution in [3.63, 3.8) is 0 Å². The first-order valence-corrected chi connectivity index (χ1v) is 8.50. The lowest BCUT2D eigenvalue weighted by molar-refractivity contribution is -0.0565. The number of phenolic OH excluding ortho intramolecular Hbond substituents is 1. The molecule has 8 heteroatoms. The van der Waals surface area contributed by atoms with E-state index in [2.05, 4.69) is 11.1 Å². The molecular formula is C20H19N5O3. The Morgan fingerprint density at radius 3 is 2.50 bits per heavy atom. The van der Waals surface area contributed by atoms with Crippen LogP contribution in [0.3, 0.4) is 0 Å². The van der Waals surface area contributed by atoms with Crippen LogP contribution in [0.5, 0.6) is 11.5 Å². The van der Waals surface area contributed by atoms with E-state index in [0.717, 1.165) is 0 Å². The molecule has 1 aliphatic heterocycles. The van der Waals surface area contributed by atoms with Gasteiger partial charge in [-0.15, -0.1) is 4.99 Å². The minimum Gasteiger partial charge on any atom is -0.508 e. The Balaban J connectivity index is 2.26. The van der Waals surface area contributed by atoms with E-state index in [1.807, 2.05) is 0 Å². The highest BCUT2D eigenvalue weighted by Gasteiger charge is 2.46. The van der Waals surface area contributed by atoms with Gasteiger partial charge < -0.3 is 25.6 Å². The fourth-order valence-electron chi connectivity index (χ4n) is 3.27. The predicted octanol–water partition coefficient (Wildman–Crippen LogP) is 2.14. The molecule has 2 atom stereocenters. The second-order valence-corrected chi connectivity index (χ2v) is 6.92. The Morgan fingerprint density at radius 2 is 1.89 bits per heavy atom. The average molecular weight is 377 g/mol. The van der Waals surface area contributed by atoms with Gasteiger partial charge in [-0.25, -0.2) is 0 Å². The number of aliphatic hydroxyl groups is 1. The molecule has 0 aliphatic carbocycles. The molecule has 0 radical (unpaired) electrons. The normalized spacial score (nSPS) is 20.2. The van der Waals surface area contributed by atoms with Crippen molar-refractivity contribution in [2.75, 3.05) is 4.90 Å². The third-order valence-corrected chi connectivity index (χ3v) is 4.66. The molecule has 3 rings (SSSR count). The fourth-order valence-corrected chi connectivity index (χ4v) is 3.27. The summed E-state index contributed by atoms with van der Waals surface area (Å²) >= 11 is 0. The van der Waals surface area contributed by atoms with Gasteiger partial charge in [0.15, 0.2) is 0 Å². The van der Waals surface area contributed by atoms with Gasteiger partial charge in [0.25, 0.3) is 0 Å². The average Bonchev–Trinajstić information content (AvgIpc) is 2.66. The van der Waals surface area contributed by atoms with Gasteiger partial charge in [-0.2, -0.15) is 10.5 Å². The van der Waals surface area contributed by atoms with Crippen molar-refractivity contribution in [3.8, 4) is 23.8 Å². The van der Waals surface area contributed by atoms with Crippen molar-refractivity contribution in [1.29, 1.82) is 10.5 Å². The second kappa shape index (κ2) is 7.10. The van der Waals surface area contributed by atoms with Gasteiger partial charge >= 0.3 is 0 Å². The van der Waals surface area contributed by atoms with Gasteiger partial charge in [-0.1, -0.05) is 0 Å². The van der Waals surface area contributed by atoms with Gasteiger partial charge in [0.05, 0.1) is 17.7 Å². The summed E-state index contributed by atoms with van der Waals surface area (Å²) in [6.07, 6.45) is 0.583. The number of aromatic hydroxyl groups is 1. The van der Waals surface area contributed by atoms with E-state index < -0.39 is 17.7 Å². The fraction of sp³-hybridized carbons (Fsp3) is 0.250. The molecule has 0 saturated carbocycles. The van der Waals surface area contributed by atoms with Crippen molar-refractivity contribution >= 4 is 11.6 Å². The third-order valence-electron chi connectivity index (χ3n) is 4.66. The zero-order valence-electron chi connectivity index (χ0n) is 15.4. The summed E-state index contributed by atoms with van der Waals surface area (Å²) in [5, 5.41) is 39.0. The number of fused-ring (bicyclic) bond motifs is 1. The van der Waals surface area contributed by atoms with Crippen LogP contribution in [0.25, 0.3) is 0 Å². The van der Waals surface area contributed by atoms with E-state index in [0.29, 0.717) is 22.6 Å². The second-order valence-electron chi connectivity index (χ2n) is 6.92. The van der Waals surface area contributed by atoms with Gasteiger partial charge in [0.1, 0.15) is 23.2 Å². The molecule has 0 fully saturated rings. The number of hydrogen-bond acceptors (Lipinski definition) is 6. The minimum atomic E-state index is -1.07. The lowest BCUT2D eigenvalue weighted by atomic mass is 9.84.